The van der Waals surface area contributed by atoms with Crippen LogP contribution in [0.2, 0.25) is 0 Å². The maximum Gasteiger partial charge on any atom is 0.326 e. The van der Waals surface area contributed by atoms with Gasteiger partial charge in [-0.2, -0.15) is 0 Å². The SMILES string of the molecule is Cn1c(=O)[nH]c2cc(C(=O)N3CCC(OCCc4ccccc4)CC3)ccc21. The molecular weight excluding hydrogens is 354 g/mol. The number of H-pyrrole nitrogens is 1. The summed E-state index contributed by atoms with van der Waals surface area (Å²) in [7, 11) is 1.71. The Morgan fingerprint density at radius 1 is 1.14 bits per heavy atom. The summed E-state index contributed by atoms with van der Waals surface area (Å²) in [5, 5.41) is 0. The predicted molar refractivity (Wildman–Crippen MR) is 109 cm³/mol. The molecule has 0 radical (unpaired) electrons. The smallest absolute Gasteiger partial charge is 0.326 e. The van der Waals surface area contributed by atoms with E-state index in [1.807, 2.05) is 29.2 Å². The van der Waals surface area contributed by atoms with Crippen molar-refractivity contribution in [3.05, 3.63) is 70.1 Å². The third-order valence-electron chi connectivity index (χ3n) is 5.47. The van der Waals surface area contributed by atoms with Gasteiger partial charge in [-0.25, -0.2) is 4.79 Å². The lowest BCUT2D eigenvalue weighted by molar-refractivity contribution is 0.0100. The zero-order valence-electron chi connectivity index (χ0n) is 16.1. The van der Waals surface area contributed by atoms with Crippen molar-refractivity contribution in [1.29, 1.82) is 0 Å². The summed E-state index contributed by atoms with van der Waals surface area (Å²) in [6, 6.07) is 15.7. The van der Waals surface area contributed by atoms with Gasteiger partial charge in [0.2, 0.25) is 0 Å². The predicted octanol–water partition coefficient (Wildman–Crippen LogP) is 2.73. The molecule has 6 heteroatoms. The molecule has 1 aliphatic rings. The number of nitrogens with zero attached hydrogens (tertiary/aromatic N) is 2. The van der Waals surface area contributed by atoms with Crippen molar-refractivity contribution in [1.82, 2.24) is 14.5 Å². The van der Waals surface area contributed by atoms with Gasteiger partial charge in [-0.05, 0) is 43.0 Å². The van der Waals surface area contributed by atoms with E-state index in [4.69, 9.17) is 4.74 Å². The van der Waals surface area contributed by atoms with Gasteiger partial charge in [0.15, 0.2) is 0 Å². The quantitative estimate of drug-likeness (QED) is 0.741. The van der Waals surface area contributed by atoms with E-state index < -0.39 is 0 Å². The Hall–Kier alpha value is -2.86. The molecule has 1 saturated heterocycles. The first-order valence-corrected chi connectivity index (χ1v) is 9.75. The van der Waals surface area contributed by atoms with Gasteiger partial charge in [0, 0.05) is 25.7 Å². The van der Waals surface area contributed by atoms with Gasteiger partial charge in [0.1, 0.15) is 0 Å². The van der Waals surface area contributed by atoms with Crippen LogP contribution in [-0.4, -0.2) is 46.2 Å². The molecule has 1 aromatic heterocycles. The molecule has 0 spiro atoms. The van der Waals surface area contributed by atoms with E-state index in [1.54, 1.807) is 23.7 Å². The minimum Gasteiger partial charge on any atom is -0.378 e. The second-order valence-electron chi connectivity index (χ2n) is 7.32. The highest BCUT2D eigenvalue weighted by Crippen LogP contribution is 2.19. The van der Waals surface area contributed by atoms with E-state index in [1.165, 1.54) is 5.56 Å². The van der Waals surface area contributed by atoms with E-state index in [9.17, 15) is 9.59 Å². The third-order valence-corrected chi connectivity index (χ3v) is 5.47. The number of piperidine rings is 1. The number of aryl methyl sites for hydroxylation is 1. The highest BCUT2D eigenvalue weighted by Gasteiger charge is 2.24. The van der Waals surface area contributed by atoms with Gasteiger partial charge in [0.25, 0.3) is 5.91 Å². The number of aromatic amines is 1. The van der Waals surface area contributed by atoms with Crippen LogP contribution in [0.3, 0.4) is 0 Å². The largest absolute Gasteiger partial charge is 0.378 e. The van der Waals surface area contributed by atoms with Gasteiger partial charge in [-0.3, -0.25) is 9.36 Å². The Kier molecular flexibility index (Phi) is 5.30. The number of likely N-dealkylation sites (tertiary alicyclic amines) is 1. The molecule has 1 aliphatic heterocycles. The van der Waals surface area contributed by atoms with Gasteiger partial charge < -0.3 is 14.6 Å². The molecular formula is C22H25N3O3. The molecule has 6 nitrogen and oxygen atoms in total. The lowest BCUT2D eigenvalue weighted by Crippen LogP contribution is -2.41. The number of fused-ring (bicyclic) bond motifs is 1. The molecule has 4 rings (SSSR count). The van der Waals surface area contributed by atoms with Crippen LogP contribution in [-0.2, 0) is 18.2 Å². The number of ether oxygens (including phenoxy) is 1. The van der Waals surface area contributed by atoms with E-state index >= 15 is 0 Å². The van der Waals surface area contributed by atoms with Gasteiger partial charge >= 0.3 is 5.69 Å². The maximum absolute atomic E-state index is 12.8. The Morgan fingerprint density at radius 3 is 2.64 bits per heavy atom. The van der Waals surface area contributed by atoms with Crippen molar-refractivity contribution < 1.29 is 9.53 Å². The van der Waals surface area contributed by atoms with E-state index in [2.05, 4.69) is 17.1 Å². The first-order chi connectivity index (χ1) is 13.6. The molecule has 1 N–H and O–H groups in total. The molecule has 28 heavy (non-hydrogen) atoms. The summed E-state index contributed by atoms with van der Waals surface area (Å²) in [4.78, 5) is 29.2. The standard InChI is InChI=1S/C22H25N3O3/c1-24-20-8-7-17(15-19(20)23-22(24)27)21(26)25-12-9-18(10-13-25)28-14-11-16-5-3-2-4-6-16/h2-8,15,18H,9-14H2,1H3,(H,23,27). The third kappa shape index (κ3) is 3.87. The minimum absolute atomic E-state index is 0.00865. The van der Waals surface area contributed by atoms with E-state index in [0.29, 0.717) is 30.8 Å². The average molecular weight is 379 g/mol. The zero-order valence-corrected chi connectivity index (χ0v) is 16.1. The number of amides is 1. The highest BCUT2D eigenvalue weighted by atomic mass is 16.5. The van der Waals surface area contributed by atoms with Gasteiger partial charge in [0.05, 0.1) is 23.7 Å². The van der Waals surface area contributed by atoms with Crippen LogP contribution in [0.1, 0.15) is 28.8 Å². The van der Waals surface area contributed by atoms with Crippen molar-refractivity contribution in [2.45, 2.75) is 25.4 Å². The lowest BCUT2D eigenvalue weighted by Gasteiger charge is -2.32. The molecule has 2 heterocycles. The monoisotopic (exact) mass is 379 g/mol. The Balaban J connectivity index is 1.31. The molecule has 0 bridgehead atoms. The number of rotatable bonds is 5. The molecule has 0 aliphatic carbocycles. The fourth-order valence-electron chi connectivity index (χ4n) is 3.77. The number of nitrogens with one attached hydrogen (secondary N) is 1. The van der Waals surface area contributed by atoms with Crippen LogP contribution in [0, 0.1) is 0 Å². The van der Waals surface area contributed by atoms with Crippen molar-refractivity contribution in [2.24, 2.45) is 7.05 Å². The Labute approximate surface area is 163 Å². The highest BCUT2D eigenvalue weighted by molar-refractivity contribution is 5.97. The summed E-state index contributed by atoms with van der Waals surface area (Å²) < 4.78 is 7.56. The fraction of sp³-hybridized carbons (Fsp3) is 0.364. The molecule has 0 atom stereocenters. The molecule has 1 fully saturated rings. The fourth-order valence-corrected chi connectivity index (χ4v) is 3.77. The number of carbonyl (C=O) groups excluding carboxylic acids is 1. The van der Waals surface area contributed by atoms with Crippen LogP contribution >= 0.6 is 0 Å². The summed E-state index contributed by atoms with van der Waals surface area (Å²) in [5.74, 6) is 0.00865. The zero-order chi connectivity index (χ0) is 19.5. The normalized spacial score (nSPS) is 15.2. The Bertz CT molecular complexity index is 1010. The number of benzene rings is 2. The van der Waals surface area contributed by atoms with Crippen molar-refractivity contribution in [3.8, 4) is 0 Å². The van der Waals surface area contributed by atoms with Crippen LogP contribution in [0.5, 0.6) is 0 Å². The van der Waals surface area contributed by atoms with Crippen molar-refractivity contribution >= 4 is 16.9 Å². The van der Waals surface area contributed by atoms with Crippen LogP contribution in [0.25, 0.3) is 11.0 Å². The molecule has 0 unspecified atom stereocenters. The summed E-state index contributed by atoms with van der Waals surface area (Å²) in [6.45, 7) is 2.09. The first kappa shape index (κ1) is 18.5. The topological polar surface area (TPSA) is 67.3 Å². The number of imidazole rings is 1. The maximum atomic E-state index is 12.8. The van der Waals surface area contributed by atoms with Gasteiger partial charge in [-0.1, -0.05) is 30.3 Å². The van der Waals surface area contributed by atoms with Gasteiger partial charge in [-0.15, -0.1) is 0 Å². The van der Waals surface area contributed by atoms with Crippen LogP contribution in [0.15, 0.2) is 53.3 Å². The van der Waals surface area contributed by atoms with Crippen molar-refractivity contribution in [3.63, 3.8) is 0 Å². The van der Waals surface area contributed by atoms with E-state index in [-0.39, 0.29) is 17.7 Å². The second kappa shape index (κ2) is 8.02. The average Bonchev–Trinajstić information content (AvgIpc) is 3.02. The van der Waals surface area contributed by atoms with Crippen molar-refractivity contribution in [2.75, 3.05) is 19.7 Å². The minimum atomic E-state index is -0.173. The molecule has 146 valence electrons. The van der Waals surface area contributed by atoms with Crippen LogP contribution < -0.4 is 5.69 Å². The van der Waals surface area contributed by atoms with E-state index in [0.717, 1.165) is 24.8 Å². The number of carbonyl (C=O) groups is 1. The first-order valence-electron chi connectivity index (χ1n) is 9.75. The number of hydrogen-bond acceptors (Lipinski definition) is 3. The Morgan fingerprint density at radius 2 is 1.89 bits per heavy atom. The molecule has 3 aromatic rings. The number of hydrogen-bond donors (Lipinski definition) is 1. The summed E-state index contributed by atoms with van der Waals surface area (Å²) >= 11 is 0. The lowest BCUT2D eigenvalue weighted by atomic mass is 10.1. The molecule has 0 saturated carbocycles. The summed E-state index contributed by atoms with van der Waals surface area (Å²) in [6.07, 6.45) is 2.83. The number of aromatic nitrogens is 2. The second-order valence-corrected chi connectivity index (χ2v) is 7.32. The van der Waals surface area contributed by atoms with Crippen LogP contribution in [0.4, 0.5) is 0 Å². The molecule has 1 amide bonds. The summed E-state index contributed by atoms with van der Waals surface area (Å²) in [5.41, 5.74) is 3.21. The molecule has 2 aromatic carbocycles.